The quantitative estimate of drug-likeness (QED) is 0.749. The fraction of sp³-hybridized carbons (Fsp3) is 0.625. The first-order valence-electron chi connectivity index (χ1n) is 4.04. The Labute approximate surface area is 75.8 Å². The summed E-state index contributed by atoms with van der Waals surface area (Å²) in [4.78, 5) is 4.27. The van der Waals surface area contributed by atoms with Crippen molar-refractivity contribution >= 4 is 11.3 Å². The lowest BCUT2D eigenvalue weighted by atomic mass is 10.1. The van der Waals surface area contributed by atoms with Gasteiger partial charge in [0, 0.05) is 19.0 Å². The summed E-state index contributed by atoms with van der Waals surface area (Å²) in [5, 5.41) is 5.47. The van der Waals surface area contributed by atoms with Gasteiger partial charge in [0.2, 0.25) is 0 Å². The third-order valence-corrected chi connectivity index (χ3v) is 2.84. The van der Waals surface area contributed by atoms with E-state index in [0.717, 1.165) is 18.7 Å². The van der Waals surface area contributed by atoms with Crippen LogP contribution in [0.4, 0.5) is 0 Å². The Kier molecular flexibility index (Phi) is 2.39. The van der Waals surface area contributed by atoms with Gasteiger partial charge in [-0.1, -0.05) is 0 Å². The Bertz CT molecular complexity index is 237. The molecule has 0 bridgehead atoms. The first-order chi connectivity index (χ1) is 5.90. The van der Waals surface area contributed by atoms with Gasteiger partial charge in [-0.25, -0.2) is 4.98 Å². The summed E-state index contributed by atoms with van der Waals surface area (Å²) in [5.74, 6) is 0. The molecular formula is C8H12N2OS. The van der Waals surface area contributed by atoms with Crippen LogP contribution in [0.1, 0.15) is 18.2 Å². The molecule has 0 saturated carbocycles. The first kappa shape index (κ1) is 8.16. The van der Waals surface area contributed by atoms with Crippen molar-refractivity contribution in [1.29, 1.82) is 0 Å². The van der Waals surface area contributed by atoms with Crippen LogP contribution in [-0.2, 0) is 4.74 Å². The molecule has 0 radical (unpaired) electrons. The fourth-order valence-corrected chi connectivity index (χ4v) is 2.11. The lowest BCUT2D eigenvalue weighted by Gasteiger charge is -2.05. The van der Waals surface area contributed by atoms with E-state index in [1.54, 1.807) is 18.4 Å². The second kappa shape index (κ2) is 3.51. The molecule has 2 rings (SSSR count). The van der Waals surface area contributed by atoms with Gasteiger partial charge < -0.3 is 10.1 Å². The first-order valence-corrected chi connectivity index (χ1v) is 4.98. The highest BCUT2D eigenvalue weighted by Gasteiger charge is 2.25. The lowest BCUT2D eigenvalue weighted by Crippen LogP contribution is -2.16. The van der Waals surface area contributed by atoms with E-state index in [1.807, 2.05) is 5.51 Å². The highest BCUT2D eigenvalue weighted by atomic mass is 32.1. The van der Waals surface area contributed by atoms with E-state index in [1.165, 1.54) is 0 Å². The Morgan fingerprint density at radius 3 is 3.25 bits per heavy atom. The Morgan fingerprint density at radius 1 is 1.75 bits per heavy atom. The maximum Gasteiger partial charge on any atom is 0.0795 e. The zero-order chi connectivity index (χ0) is 8.39. The van der Waals surface area contributed by atoms with Crippen LogP contribution >= 0.6 is 11.3 Å². The molecule has 2 heterocycles. The molecular weight excluding hydrogens is 172 g/mol. The molecule has 1 fully saturated rings. The van der Waals surface area contributed by atoms with Crippen LogP contribution in [0.3, 0.4) is 0 Å². The smallest absolute Gasteiger partial charge is 0.0795 e. The number of nitrogens with zero attached hydrogens (tertiary/aromatic N) is 1. The molecule has 12 heavy (non-hydrogen) atoms. The summed E-state index contributed by atoms with van der Waals surface area (Å²) in [7, 11) is 1.76. The van der Waals surface area contributed by atoms with E-state index in [2.05, 4.69) is 15.7 Å². The van der Waals surface area contributed by atoms with Crippen molar-refractivity contribution in [3.8, 4) is 0 Å². The fourth-order valence-electron chi connectivity index (χ4n) is 1.50. The second-order valence-electron chi connectivity index (χ2n) is 2.97. The van der Waals surface area contributed by atoms with Crippen LogP contribution in [0.15, 0.2) is 10.9 Å². The van der Waals surface area contributed by atoms with E-state index in [9.17, 15) is 0 Å². The van der Waals surface area contributed by atoms with Gasteiger partial charge in [0.25, 0.3) is 0 Å². The topological polar surface area (TPSA) is 34.1 Å². The maximum atomic E-state index is 5.25. The maximum absolute atomic E-state index is 5.25. The average molecular weight is 184 g/mol. The SMILES string of the molecule is COC1CNC(c2cscn2)C1. The highest BCUT2D eigenvalue weighted by molar-refractivity contribution is 7.07. The van der Waals surface area contributed by atoms with Crippen LogP contribution in [0.2, 0.25) is 0 Å². The molecule has 1 aromatic heterocycles. The van der Waals surface area contributed by atoms with E-state index >= 15 is 0 Å². The van der Waals surface area contributed by atoms with Crippen molar-refractivity contribution in [3.05, 3.63) is 16.6 Å². The van der Waals surface area contributed by atoms with E-state index in [-0.39, 0.29) is 0 Å². The number of rotatable bonds is 2. The number of hydrogen-bond acceptors (Lipinski definition) is 4. The molecule has 1 saturated heterocycles. The summed E-state index contributed by atoms with van der Waals surface area (Å²) in [6, 6.07) is 0.404. The number of methoxy groups -OCH3 is 1. The van der Waals surface area contributed by atoms with Crippen LogP contribution in [0.5, 0.6) is 0 Å². The normalized spacial score (nSPS) is 29.4. The molecule has 1 aliphatic heterocycles. The van der Waals surface area contributed by atoms with Gasteiger partial charge in [0.1, 0.15) is 0 Å². The molecule has 1 aliphatic rings. The molecule has 0 aliphatic carbocycles. The number of aromatic nitrogens is 1. The van der Waals surface area contributed by atoms with Crippen molar-refractivity contribution in [1.82, 2.24) is 10.3 Å². The summed E-state index contributed by atoms with van der Waals surface area (Å²) < 4.78 is 5.25. The average Bonchev–Trinajstić information content (AvgIpc) is 2.75. The monoisotopic (exact) mass is 184 g/mol. The van der Waals surface area contributed by atoms with Crippen LogP contribution in [-0.4, -0.2) is 24.7 Å². The molecule has 1 N–H and O–H groups in total. The number of nitrogens with one attached hydrogen (secondary N) is 1. The van der Waals surface area contributed by atoms with Crippen LogP contribution in [0.25, 0.3) is 0 Å². The highest BCUT2D eigenvalue weighted by Crippen LogP contribution is 2.23. The molecule has 2 unspecified atom stereocenters. The van der Waals surface area contributed by atoms with Gasteiger partial charge >= 0.3 is 0 Å². The molecule has 4 heteroatoms. The number of hydrogen-bond donors (Lipinski definition) is 1. The standard InChI is InChI=1S/C8H12N2OS/c1-11-6-2-7(9-3-6)8-4-12-5-10-8/h4-7,9H,2-3H2,1H3. The Balaban J connectivity index is 2.00. The van der Waals surface area contributed by atoms with Gasteiger partial charge in [-0.2, -0.15) is 0 Å². The summed E-state index contributed by atoms with van der Waals surface area (Å²) >= 11 is 1.64. The molecule has 1 aromatic rings. The minimum atomic E-state index is 0.358. The Morgan fingerprint density at radius 2 is 2.67 bits per heavy atom. The van der Waals surface area contributed by atoms with Gasteiger partial charge in [-0.05, 0) is 6.42 Å². The minimum absolute atomic E-state index is 0.358. The predicted molar refractivity (Wildman–Crippen MR) is 48.3 cm³/mol. The Hall–Kier alpha value is -0.450. The van der Waals surface area contributed by atoms with Crippen molar-refractivity contribution in [2.45, 2.75) is 18.6 Å². The summed E-state index contributed by atoms with van der Waals surface area (Å²) in [6.07, 6.45) is 1.40. The van der Waals surface area contributed by atoms with Gasteiger partial charge in [0.15, 0.2) is 0 Å². The van der Waals surface area contributed by atoms with Crippen LogP contribution in [0, 0.1) is 0 Å². The third-order valence-electron chi connectivity index (χ3n) is 2.23. The van der Waals surface area contributed by atoms with Gasteiger partial charge in [-0.15, -0.1) is 11.3 Å². The van der Waals surface area contributed by atoms with E-state index in [0.29, 0.717) is 12.1 Å². The summed E-state index contributed by atoms with van der Waals surface area (Å²) in [6.45, 7) is 0.943. The van der Waals surface area contributed by atoms with Crippen LogP contribution < -0.4 is 5.32 Å². The molecule has 0 amide bonds. The van der Waals surface area contributed by atoms with Crippen molar-refractivity contribution in [3.63, 3.8) is 0 Å². The van der Waals surface area contributed by atoms with E-state index < -0.39 is 0 Å². The molecule has 3 nitrogen and oxygen atoms in total. The molecule has 2 atom stereocenters. The minimum Gasteiger partial charge on any atom is -0.380 e. The molecule has 0 spiro atoms. The van der Waals surface area contributed by atoms with Gasteiger partial charge in [-0.3, -0.25) is 0 Å². The molecule has 66 valence electrons. The zero-order valence-corrected chi connectivity index (χ0v) is 7.80. The predicted octanol–water partition coefficient (Wildman–Crippen LogP) is 1.19. The number of thiazole rings is 1. The summed E-state index contributed by atoms with van der Waals surface area (Å²) in [5.41, 5.74) is 3.02. The molecule has 0 aromatic carbocycles. The van der Waals surface area contributed by atoms with Crippen molar-refractivity contribution in [2.75, 3.05) is 13.7 Å². The largest absolute Gasteiger partial charge is 0.380 e. The second-order valence-corrected chi connectivity index (χ2v) is 3.69. The van der Waals surface area contributed by atoms with Crippen molar-refractivity contribution < 1.29 is 4.74 Å². The van der Waals surface area contributed by atoms with Crippen molar-refractivity contribution in [2.24, 2.45) is 0 Å². The zero-order valence-electron chi connectivity index (χ0n) is 6.99. The third kappa shape index (κ3) is 1.50. The lowest BCUT2D eigenvalue weighted by molar-refractivity contribution is 0.117. The van der Waals surface area contributed by atoms with Gasteiger partial charge in [0.05, 0.1) is 23.4 Å². The van der Waals surface area contributed by atoms with E-state index in [4.69, 9.17) is 4.74 Å². The number of ether oxygens (including phenoxy) is 1.